The summed E-state index contributed by atoms with van der Waals surface area (Å²) >= 11 is 0. The Hall–Kier alpha value is -2.05. The number of benzene rings is 1. The number of hydrogen-bond donors (Lipinski definition) is 1. The van der Waals surface area contributed by atoms with Crippen molar-refractivity contribution in [1.82, 2.24) is 4.90 Å². The van der Waals surface area contributed by atoms with Gasteiger partial charge in [-0.1, -0.05) is 25.1 Å². The van der Waals surface area contributed by atoms with Gasteiger partial charge in [0.1, 0.15) is 0 Å². The van der Waals surface area contributed by atoms with Crippen molar-refractivity contribution in [3.8, 4) is 0 Å². The largest absolute Gasteiger partial charge is 0.416 e. The van der Waals surface area contributed by atoms with Gasteiger partial charge in [-0.15, -0.1) is 0 Å². The lowest BCUT2D eigenvalue weighted by atomic mass is 9.98. The summed E-state index contributed by atoms with van der Waals surface area (Å²) in [6.45, 7) is 2.30. The van der Waals surface area contributed by atoms with E-state index >= 15 is 0 Å². The summed E-state index contributed by atoms with van der Waals surface area (Å²) in [4.78, 5) is 24.9. The molecule has 120 valence electrons. The van der Waals surface area contributed by atoms with Crippen molar-refractivity contribution in [3.05, 3.63) is 35.4 Å². The SMILES string of the molecule is C[C@@H]1CN(C(=O)Cc2ccccc2C(F)(F)F)C[C@H]1C(N)=O. The smallest absolute Gasteiger partial charge is 0.369 e. The molecule has 0 aliphatic carbocycles. The van der Waals surface area contributed by atoms with Gasteiger partial charge in [-0.3, -0.25) is 9.59 Å². The first-order valence-corrected chi connectivity index (χ1v) is 6.92. The van der Waals surface area contributed by atoms with E-state index < -0.39 is 29.5 Å². The van der Waals surface area contributed by atoms with E-state index in [2.05, 4.69) is 0 Å². The number of primary amides is 1. The van der Waals surface area contributed by atoms with Crippen LogP contribution in [0, 0.1) is 11.8 Å². The summed E-state index contributed by atoms with van der Waals surface area (Å²) in [6.07, 6.45) is -4.83. The fourth-order valence-electron chi connectivity index (χ4n) is 2.77. The standard InChI is InChI=1S/C15H17F3N2O2/c1-9-7-20(8-11(9)14(19)22)13(21)6-10-4-2-3-5-12(10)15(16,17)18/h2-5,9,11H,6-8H2,1H3,(H2,19,22)/t9-,11-/m1/s1. The van der Waals surface area contributed by atoms with Crippen molar-refractivity contribution < 1.29 is 22.8 Å². The highest BCUT2D eigenvalue weighted by Gasteiger charge is 2.37. The van der Waals surface area contributed by atoms with E-state index in [1.54, 1.807) is 6.92 Å². The van der Waals surface area contributed by atoms with Crippen LogP contribution < -0.4 is 5.73 Å². The summed E-state index contributed by atoms with van der Waals surface area (Å²) in [5, 5.41) is 0. The van der Waals surface area contributed by atoms with Gasteiger partial charge in [0.2, 0.25) is 11.8 Å². The predicted octanol–water partition coefficient (Wildman–Crippen LogP) is 1.83. The minimum absolute atomic E-state index is 0.0600. The lowest BCUT2D eigenvalue weighted by Gasteiger charge is -2.18. The summed E-state index contributed by atoms with van der Waals surface area (Å²) in [6, 6.07) is 5.02. The Balaban J connectivity index is 2.13. The monoisotopic (exact) mass is 314 g/mol. The van der Waals surface area contributed by atoms with Gasteiger partial charge in [-0.25, -0.2) is 0 Å². The van der Waals surface area contributed by atoms with Gasteiger partial charge in [0.15, 0.2) is 0 Å². The summed E-state index contributed by atoms with van der Waals surface area (Å²) < 4.78 is 38.8. The van der Waals surface area contributed by atoms with Crippen molar-refractivity contribution in [2.75, 3.05) is 13.1 Å². The van der Waals surface area contributed by atoms with Crippen LogP contribution in [0.1, 0.15) is 18.1 Å². The van der Waals surface area contributed by atoms with Crippen LogP contribution in [0.15, 0.2) is 24.3 Å². The molecule has 1 aliphatic heterocycles. The number of nitrogens with zero attached hydrogens (tertiary/aromatic N) is 1. The maximum Gasteiger partial charge on any atom is 0.416 e. The van der Waals surface area contributed by atoms with E-state index in [9.17, 15) is 22.8 Å². The molecule has 1 aromatic rings. The highest BCUT2D eigenvalue weighted by molar-refractivity contribution is 5.82. The topological polar surface area (TPSA) is 63.4 Å². The van der Waals surface area contributed by atoms with Crippen LogP contribution in [-0.4, -0.2) is 29.8 Å². The number of carbonyl (C=O) groups is 2. The lowest BCUT2D eigenvalue weighted by Crippen LogP contribution is -2.33. The van der Waals surface area contributed by atoms with Crippen LogP contribution in [-0.2, 0) is 22.2 Å². The van der Waals surface area contributed by atoms with E-state index in [0.29, 0.717) is 6.54 Å². The second-order valence-corrected chi connectivity index (χ2v) is 5.62. The number of hydrogen-bond acceptors (Lipinski definition) is 2. The van der Waals surface area contributed by atoms with Gasteiger partial charge in [-0.2, -0.15) is 13.2 Å². The zero-order chi connectivity index (χ0) is 16.5. The highest BCUT2D eigenvalue weighted by Crippen LogP contribution is 2.32. The van der Waals surface area contributed by atoms with Gasteiger partial charge < -0.3 is 10.6 Å². The van der Waals surface area contributed by atoms with E-state index in [0.717, 1.165) is 6.07 Å². The minimum Gasteiger partial charge on any atom is -0.369 e. The van der Waals surface area contributed by atoms with Crippen molar-refractivity contribution in [1.29, 1.82) is 0 Å². The third-order valence-electron chi connectivity index (χ3n) is 3.99. The maximum absolute atomic E-state index is 12.9. The molecule has 0 bridgehead atoms. The van der Waals surface area contributed by atoms with Crippen LogP contribution in [0.3, 0.4) is 0 Å². The minimum atomic E-state index is -4.50. The molecule has 2 rings (SSSR count). The van der Waals surface area contributed by atoms with Gasteiger partial charge in [-0.05, 0) is 17.5 Å². The average Bonchev–Trinajstić information content (AvgIpc) is 2.80. The Morgan fingerprint density at radius 2 is 1.91 bits per heavy atom. The average molecular weight is 314 g/mol. The second-order valence-electron chi connectivity index (χ2n) is 5.62. The number of halogens is 3. The number of carbonyl (C=O) groups excluding carboxylic acids is 2. The molecule has 2 atom stereocenters. The fourth-order valence-corrected chi connectivity index (χ4v) is 2.77. The van der Waals surface area contributed by atoms with E-state index in [1.807, 2.05) is 0 Å². The summed E-state index contributed by atoms with van der Waals surface area (Å²) in [7, 11) is 0. The molecular formula is C15H17F3N2O2. The molecule has 1 aliphatic rings. The van der Waals surface area contributed by atoms with Crippen LogP contribution in [0.25, 0.3) is 0 Å². The quantitative estimate of drug-likeness (QED) is 0.925. The maximum atomic E-state index is 12.9. The predicted molar refractivity (Wildman–Crippen MR) is 73.6 cm³/mol. The van der Waals surface area contributed by atoms with Crippen molar-refractivity contribution >= 4 is 11.8 Å². The molecule has 0 unspecified atom stereocenters. The lowest BCUT2D eigenvalue weighted by molar-refractivity contribution is -0.138. The Morgan fingerprint density at radius 1 is 1.27 bits per heavy atom. The van der Waals surface area contributed by atoms with E-state index in [4.69, 9.17) is 5.73 Å². The first kappa shape index (κ1) is 16.3. The molecule has 2 N–H and O–H groups in total. The van der Waals surface area contributed by atoms with E-state index in [1.165, 1.54) is 23.1 Å². The molecular weight excluding hydrogens is 297 g/mol. The zero-order valence-electron chi connectivity index (χ0n) is 12.1. The van der Waals surface area contributed by atoms with Gasteiger partial charge >= 0.3 is 6.18 Å². The Morgan fingerprint density at radius 3 is 2.45 bits per heavy atom. The van der Waals surface area contributed by atoms with Gasteiger partial charge in [0.25, 0.3) is 0 Å². The third kappa shape index (κ3) is 3.40. The number of amides is 2. The molecule has 1 saturated heterocycles. The first-order valence-electron chi connectivity index (χ1n) is 6.92. The molecule has 22 heavy (non-hydrogen) atoms. The number of nitrogens with two attached hydrogens (primary N) is 1. The third-order valence-corrected chi connectivity index (χ3v) is 3.99. The normalized spacial score (nSPS) is 21.9. The molecule has 0 spiro atoms. The first-order chi connectivity index (χ1) is 10.2. The molecule has 1 fully saturated rings. The van der Waals surface area contributed by atoms with Crippen molar-refractivity contribution in [2.24, 2.45) is 17.6 Å². The Bertz CT molecular complexity index is 586. The second kappa shape index (κ2) is 5.98. The molecule has 0 aromatic heterocycles. The fraction of sp³-hybridized carbons (Fsp3) is 0.467. The molecule has 4 nitrogen and oxygen atoms in total. The van der Waals surface area contributed by atoms with Crippen LogP contribution in [0.4, 0.5) is 13.2 Å². The molecule has 1 aromatic carbocycles. The molecule has 7 heteroatoms. The van der Waals surface area contributed by atoms with Crippen LogP contribution in [0.5, 0.6) is 0 Å². The van der Waals surface area contributed by atoms with Crippen molar-refractivity contribution in [3.63, 3.8) is 0 Å². The highest BCUT2D eigenvalue weighted by atomic mass is 19.4. The van der Waals surface area contributed by atoms with E-state index in [-0.39, 0.29) is 24.4 Å². The van der Waals surface area contributed by atoms with Crippen LogP contribution in [0.2, 0.25) is 0 Å². The van der Waals surface area contributed by atoms with Gasteiger partial charge in [0, 0.05) is 13.1 Å². The zero-order valence-corrected chi connectivity index (χ0v) is 12.1. The molecule has 1 heterocycles. The van der Waals surface area contributed by atoms with Crippen LogP contribution >= 0.6 is 0 Å². The Labute approximate surface area is 126 Å². The van der Waals surface area contributed by atoms with Gasteiger partial charge in [0.05, 0.1) is 17.9 Å². The molecule has 0 radical (unpaired) electrons. The number of alkyl halides is 3. The molecule has 0 saturated carbocycles. The molecule has 2 amide bonds. The summed E-state index contributed by atoms with van der Waals surface area (Å²) in [5.41, 5.74) is 4.39. The number of likely N-dealkylation sites (tertiary alicyclic amines) is 1. The van der Waals surface area contributed by atoms with Crippen molar-refractivity contribution in [2.45, 2.75) is 19.5 Å². The summed E-state index contributed by atoms with van der Waals surface area (Å²) in [5.74, 6) is -1.44. The number of rotatable bonds is 3. The Kier molecular flexibility index (Phi) is 4.44.